The van der Waals surface area contributed by atoms with E-state index in [0.717, 1.165) is 65.7 Å². The van der Waals surface area contributed by atoms with Crippen LogP contribution in [0.1, 0.15) is 62.4 Å². The van der Waals surface area contributed by atoms with Crippen molar-refractivity contribution >= 4 is 11.7 Å². The van der Waals surface area contributed by atoms with Crippen molar-refractivity contribution in [3.63, 3.8) is 0 Å². The van der Waals surface area contributed by atoms with Gasteiger partial charge in [0.05, 0.1) is 32.4 Å². The minimum atomic E-state index is -4.74. The van der Waals surface area contributed by atoms with Crippen LogP contribution in [-0.4, -0.2) is 63.5 Å². The molecule has 1 unspecified atom stereocenters. The van der Waals surface area contributed by atoms with Gasteiger partial charge in [-0.15, -0.1) is 13.2 Å². The third-order valence-electron chi connectivity index (χ3n) is 7.47. The Hall–Kier alpha value is -3.31. The maximum absolute atomic E-state index is 13.1. The van der Waals surface area contributed by atoms with Gasteiger partial charge in [0, 0.05) is 13.1 Å². The van der Waals surface area contributed by atoms with Crippen LogP contribution >= 0.6 is 0 Å². The van der Waals surface area contributed by atoms with E-state index in [2.05, 4.69) is 45.3 Å². The summed E-state index contributed by atoms with van der Waals surface area (Å²) < 4.78 is 62.3. The summed E-state index contributed by atoms with van der Waals surface area (Å²) in [4.78, 5) is 8.81. The molecule has 0 amide bonds. The molecule has 0 saturated carbocycles. The predicted octanol–water partition coefficient (Wildman–Crippen LogP) is 6.03. The van der Waals surface area contributed by atoms with Gasteiger partial charge in [-0.25, -0.2) is 0 Å². The summed E-state index contributed by atoms with van der Waals surface area (Å²) in [5.41, 5.74) is 4.17. The third-order valence-corrected chi connectivity index (χ3v) is 7.47. The van der Waals surface area contributed by atoms with Crippen molar-refractivity contribution in [1.82, 2.24) is 10.6 Å². The summed E-state index contributed by atoms with van der Waals surface area (Å²) in [5, 5.41) is 6.42. The molecule has 0 fully saturated rings. The van der Waals surface area contributed by atoms with E-state index in [1.807, 2.05) is 39.0 Å². The number of benzene rings is 2. The molecule has 0 bridgehead atoms. The lowest BCUT2D eigenvalue weighted by Crippen LogP contribution is -2.25. The van der Waals surface area contributed by atoms with Crippen molar-refractivity contribution in [1.29, 1.82) is 0 Å². The topological polar surface area (TPSA) is 85.7 Å². The molecule has 2 heterocycles. The molecule has 0 aliphatic carbocycles. The average Bonchev–Trinajstić information content (AvgIpc) is 3.69. The molecule has 2 aliphatic heterocycles. The van der Waals surface area contributed by atoms with Crippen LogP contribution in [0.4, 0.5) is 13.2 Å². The molecule has 11 heteroatoms. The van der Waals surface area contributed by atoms with Crippen LogP contribution < -0.4 is 20.1 Å². The smallest absolute Gasteiger partial charge is 0.485 e. The lowest BCUT2D eigenvalue weighted by atomic mass is 9.93. The number of hydrogen-bond acceptors (Lipinski definition) is 8. The van der Waals surface area contributed by atoms with Crippen LogP contribution in [0.25, 0.3) is 0 Å². The lowest BCUT2D eigenvalue weighted by molar-refractivity contribution is -0.330. The number of aliphatic imine (C=N–C) groups is 2. The van der Waals surface area contributed by atoms with Gasteiger partial charge in [0.2, 0.25) is 0 Å². The number of alkyl halides is 3. The van der Waals surface area contributed by atoms with E-state index in [1.165, 1.54) is 0 Å². The molecule has 0 aromatic heterocycles. The quantitative estimate of drug-likeness (QED) is 0.222. The normalized spacial score (nSPS) is 15.6. The van der Waals surface area contributed by atoms with E-state index < -0.39 is 13.0 Å². The molecule has 8 nitrogen and oxygen atoms in total. The van der Waals surface area contributed by atoms with Gasteiger partial charge in [-0.1, -0.05) is 45.9 Å². The van der Waals surface area contributed by atoms with Crippen LogP contribution in [0.2, 0.25) is 0 Å². The average molecular weight is 633 g/mol. The van der Waals surface area contributed by atoms with E-state index in [4.69, 9.17) is 14.2 Å². The maximum atomic E-state index is 13.1. The second kappa shape index (κ2) is 16.3. The zero-order chi connectivity index (χ0) is 32.4. The largest absolute Gasteiger partial charge is 0.522 e. The van der Waals surface area contributed by atoms with E-state index >= 15 is 0 Å². The van der Waals surface area contributed by atoms with Gasteiger partial charge in [-0.05, 0) is 78.0 Å². The molecule has 0 spiro atoms. The van der Waals surface area contributed by atoms with Crippen LogP contribution in [-0.2, 0) is 41.9 Å². The number of rotatable bonds is 17. The van der Waals surface area contributed by atoms with Gasteiger partial charge in [0.1, 0.15) is 36.4 Å². The van der Waals surface area contributed by atoms with Gasteiger partial charge in [-0.3, -0.25) is 14.7 Å². The summed E-state index contributed by atoms with van der Waals surface area (Å²) in [7, 11) is 0. The minimum absolute atomic E-state index is 0.203. The fraction of sp³-hybridized carbons (Fsp3) is 0.588. The highest BCUT2D eigenvalue weighted by atomic mass is 19.4. The predicted molar refractivity (Wildman–Crippen MR) is 170 cm³/mol. The van der Waals surface area contributed by atoms with Crippen molar-refractivity contribution in [2.45, 2.75) is 79.6 Å². The molecule has 248 valence electrons. The highest BCUT2D eigenvalue weighted by molar-refractivity contribution is 5.85. The third kappa shape index (κ3) is 11.2. The van der Waals surface area contributed by atoms with Gasteiger partial charge in [0.15, 0.2) is 0 Å². The Balaban J connectivity index is 1.51. The monoisotopic (exact) mass is 632 g/mol. The fourth-order valence-corrected chi connectivity index (χ4v) is 5.47. The molecule has 0 saturated heterocycles. The Kier molecular flexibility index (Phi) is 12.5. The zero-order valence-corrected chi connectivity index (χ0v) is 27.1. The van der Waals surface area contributed by atoms with Crippen LogP contribution in [0.15, 0.2) is 40.3 Å². The molecule has 2 aromatic rings. The number of nitrogens with zero attached hydrogens (tertiary/aromatic N) is 2. The molecule has 45 heavy (non-hydrogen) atoms. The summed E-state index contributed by atoms with van der Waals surface area (Å²) in [6.45, 7) is 13.8. The number of nitrogens with one attached hydrogen (secondary N) is 2. The van der Waals surface area contributed by atoms with Gasteiger partial charge in [0.25, 0.3) is 0 Å². The first-order chi connectivity index (χ1) is 21.5. The second-order valence-corrected chi connectivity index (χ2v) is 12.5. The zero-order valence-electron chi connectivity index (χ0n) is 27.1. The number of ether oxygens (including phenoxy) is 4. The Bertz CT molecular complexity index is 1330. The summed E-state index contributed by atoms with van der Waals surface area (Å²) in [6.07, 6.45) is -3.09. The Labute approximate surface area is 264 Å². The van der Waals surface area contributed by atoms with E-state index in [9.17, 15) is 13.2 Å². The van der Waals surface area contributed by atoms with Gasteiger partial charge in [-0.2, -0.15) is 0 Å². The summed E-state index contributed by atoms with van der Waals surface area (Å²) in [5.74, 6) is 3.59. The standard InChI is InChI=1S/C34H47F3N4O4/c1-22(2)13-28-26(7-6-8-30(28)43-20-32-38-9-10-39-32)18-42-24(5)15-25-16-27(19-45-34(35,36)37)29(14-23(3)4)31(17-25)44-21-33-40-11-12-41-33/h6-8,16-17,22-24H,9-15,18-21H2,1-5H3,(H,38,39)(H,40,41). The molecule has 1 atom stereocenters. The Morgan fingerprint density at radius 2 is 1.33 bits per heavy atom. The lowest BCUT2D eigenvalue weighted by Gasteiger charge is -2.22. The molecule has 2 aromatic carbocycles. The molecular formula is C34H47F3N4O4. The number of hydrogen-bond donors (Lipinski definition) is 2. The highest BCUT2D eigenvalue weighted by Gasteiger charge is 2.30. The molecule has 0 radical (unpaired) electrons. The SMILES string of the molecule is CC(C)Cc1c(COC(C)Cc2cc(COC(F)(F)F)c(CC(C)C)c(OCC3=NCCN3)c2)cccc1OCC1=NCCN1. The van der Waals surface area contributed by atoms with E-state index in [1.54, 1.807) is 6.07 Å². The first-order valence-corrected chi connectivity index (χ1v) is 15.8. The van der Waals surface area contributed by atoms with Crippen LogP contribution in [0, 0.1) is 11.8 Å². The van der Waals surface area contributed by atoms with Gasteiger partial charge < -0.3 is 24.8 Å². The van der Waals surface area contributed by atoms with Crippen LogP contribution in [0.5, 0.6) is 11.5 Å². The van der Waals surface area contributed by atoms with Crippen molar-refractivity contribution in [2.75, 3.05) is 39.4 Å². The van der Waals surface area contributed by atoms with Crippen molar-refractivity contribution < 1.29 is 32.1 Å². The first kappa shape index (κ1) is 34.6. The van der Waals surface area contributed by atoms with Crippen molar-refractivity contribution in [3.8, 4) is 11.5 Å². The molecule has 2 aliphatic rings. The second-order valence-electron chi connectivity index (χ2n) is 12.5. The molecular weight excluding hydrogens is 585 g/mol. The van der Waals surface area contributed by atoms with E-state index in [0.29, 0.717) is 49.8 Å². The molecule has 2 N–H and O–H groups in total. The van der Waals surface area contributed by atoms with Gasteiger partial charge >= 0.3 is 6.36 Å². The Morgan fingerprint density at radius 1 is 0.733 bits per heavy atom. The number of amidine groups is 2. The van der Waals surface area contributed by atoms with Crippen molar-refractivity contribution in [2.24, 2.45) is 21.8 Å². The van der Waals surface area contributed by atoms with Crippen molar-refractivity contribution in [3.05, 3.63) is 58.1 Å². The highest BCUT2D eigenvalue weighted by Crippen LogP contribution is 2.32. The minimum Gasteiger partial charge on any atom is -0.485 e. The summed E-state index contributed by atoms with van der Waals surface area (Å²) in [6, 6.07) is 9.72. The van der Waals surface area contributed by atoms with E-state index in [-0.39, 0.29) is 18.6 Å². The molecule has 4 rings (SSSR count). The fourth-order valence-electron chi connectivity index (χ4n) is 5.47. The Morgan fingerprint density at radius 3 is 1.89 bits per heavy atom. The number of halogens is 3. The summed E-state index contributed by atoms with van der Waals surface area (Å²) >= 11 is 0. The first-order valence-electron chi connectivity index (χ1n) is 15.8. The van der Waals surface area contributed by atoms with Crippen LogP contribution in [0.3, 0.4) is 0 Å². The maximum Gasteiger partial charge on any atom is 0.522 e.